The zero-order valence-corrected chi connectivity index (χ0v) is 14.9. The minimum atomic E-state index is -0.158. The summed E-state index contributed by atoms with van der Waals surface area (Å²) < 4.78 is 10.9. The Hall–Kier alpha value is -2.75. The van der Waals surface area contributed by atoms with Gasteiger partial charge in [-0.25, -0.2) is 0 Å². The van der Waals surface area contributed by atoms with Gasteiger partial charge in [-0.2, -0.15) is 0 Å². The van der Waals surface area contributed by atoms with Crippen LogP contribution in [0.4, 0.5) is 0 Å². The van der Waals surface area contributed by atoms with Crippen LogP contribution in [-0.2, 0) is 6.42 Å². The number of phenolic OH excluding ortho intramolecular Hbond substituents is 1. The molecule has 0 atom stereocenters. The number of ether oxygens (including phenoxy) is 2. The van der Waals surface area contributed by atoms with Gasteiger partial charge in [-0.3, -0.25) is 4.79 Å². The fourth-order valence-electron chi connectivity index (χ4n) is 2.43. The van der Waals surface area contributed by atoms with Crippen molar-refractivity contribution in [1.82, 2.24) is 0 Å². The number of allylic oxidation sites excluding steroid dienone is 1. The number of carbonyl (C=O) groups is 1. The predicted molar refractivity (Wildman–Crippen MR) is 98.7 cm³/mol. The number of aromatic hydroxyl groups is 1. The monoisotopic (exact) mass is 340 g/mol. The highest BCUT2D eigenvalue weighted by Gasteiger charge is 2.19. The molecule has 0 radical (unpaired) electrons. The van der Waals surface area contributed by atoms with E-state index in [9.17, 15) is 9.90 Å². The SMILES string of the molecule is COc1cc(OCC=C(C)C)cc(O)c1C(=O)CCc1ccccc1. The molecule has 0 amide bonds. The Morgan fingerprint density at radius 2 is 1.88 bits per heavy atom. The summed E-state index contributed by atoms with van der Waals surface area (Å²) in [4.78, 5) is 12.5. The van der Waals surface area contributed by atoms with Crippen LogP contribution in [0.2, 0.25) is 0 Å². The van der Waals surface area contributed by atoms with E-state index in [4.69, 9.17) is 9.47 Å². The van der Waals surface area contributed by atoms with Gasteiger partial charge in [0.05, 0.1) is 7.11 Å². The van der Waals surface area contributed by atoms with Crippen molar-refractivity contribution in [3.05, 3.63) is 65.2 Å². The normalized spacial score (nSPS) is 10.2. The van der Waals surface area contributed by atoms with Crippen LogP contribution in [0.25, 0.3) is 0 Å². The van der Waals surface area contributed by atoms with Crippen LogP contribution in [0.1, 0.15) is 36.2 Å². The van der Waals surface area contributed by atoms with E-state index in [0.717, 1.165) is 11.1 Å². The lowest BCUT2D eigenvalue weighted by atomic mass is 10.0. The van der Waals surface area contributed by atoms with Gasteiger partial charge < -0.3 is 14.6 Å². The Morgan fingerprint density at radius 1 is 1.16 bits per heavy atom. The number of hydrogen-bond acceptors (Lipinski definition) is 4. The molecule has 4 heteroatoms. The molecule has 0 unspecified atom stereocenters. The minimum absolute atomic E-state index is 0.121. The Kier molecular flexibility index (Phi) is 6.63. The molecule has 0 saturated carbocycles. The van der Waals surface area contributed by atoms with Crippen molar-refractivity contribution in [3.8, 4) is 17.2 Å². The fourth-order valence-corrected chi connectivity index (χ4v) is 2.43. The largest absolute Gasteiger partial charge is 0.507 e. The number of ketones is 1. The summed E-state index contributed by atoms with van der Waals surface area (Å²) in [6.07, 6.45) is 2.84. The van der Waals surface area contributed by atoms with Crippen molar-refractivity contribution in [2.45, 2.75) is 26.7 Å². The summed E-state index contributed by atoms with van der Waals surface area (Å²) in [6.45, 7) is 4.36. The summed E-state index contributed by atoms with van der Waals surface area (Å²) in [5.41, 5.74) is 2.42. The summed E-state index contributed by atoms with van der Waals surface area (Å²) in [5, 5.41) is 10.3. The number of carbonyl (C=O) groups excluding carboxylic acids is 1. The lowest BCUT2D eigenvalue weighted by Gasteiger charge is -2.13. The number of hydrogen-bond donors (Lipinski definition) is 1. The Balaban J connectivity index is 2.13. The molecule has 2 aromatic rings. The lowest BCUT2D eigenvalue weighted by molar-refractivity contribution is 0.0977. The van der Waals surface area contributed by atoms with Crippen LogP contribution >= 0.6 is 0 Å². The topological polar surface area (TPSA) is 55.8 Å². The van der Waals surface area contributed by atoms with E-state index in [2.05, 4.69) is 0 Å². The minimum Gasteiger partial charge on any atom is -0.507 e. The standard InChI is InChI=1S/C21H24O4/c1-15(2)11-12-25-17-13-19(23)21(20(14-17)24-3)18(22)10-9-16-7-5-4-6-8-16/h4-8,11,13-14,23H,9-10,12H2,1-3H3. The molecular formula is C21H24O4. The van der Waals surface area contributed by atoms with Gasteiger partial charge in [-0.15, -0.1) is 0 Å². The number of methoxy groups -OCH3 is 1. The molecular weight excluding hydrogens is 316 g/mol. The van der Waals surface area contributed by atoms with Crippen LogP contribution in [0.15, 0.2) is 54.1 Å². The number of phenols is 1. The average molecular weight is 340 g/mol. The zero-order valence-electron chi connectivity index (χ0n) is 14.9. The van der Waals surface area contributed by atoms with Crippen LogP contribution in [0, 0.1) is 0 Å². The molecule has 0 aliphatic rings. The second-order valence-electron chi connectivity index (χ2n) is 6.02. The van der Waals surface area contributed by atoms with Crippen molar-refractivity contribution in [2.75, 3.05) is 13.7 Å². The Morgan fingerprint density at radius 3 is 2.52 bits per heavy atom. The maximum Gasteiger partial charge on any atom is 0.170 e. The van der Waals surface area contributed by atoms with Crippen molar-refractivity contribution in [2.24, 2.45) is 0 Å². The van der Waals surface area contributed by atoms with Crippen LogP contribution in [-0.4, -0.2) is 24.6 Å². The Labute approximate surface area is 148 Å². The molecule has 2 rings (SSSR count). The first kappa shape index (κ1) is 18.6. The second-order valence-corrected chi connectivity index (χ2v) is 6.02. The van der Waals surface area contributed by atoms with E-state index in [1.165, 1.54) is 13.2 Å². The average Bonchev–Trinajstić information content (AvgIpc) is 2.59. The highest BCUT2D eigenvalue weighted by Crippen LogP contribution is 2.34. The van der Waals surface area contributed by atoms with Crippen molar-refractivity contribution in [1.29, 1.82) is 0 Å². The fraction of sp³-hybridized carbons (Fsp3) is 0.286. The number of rotatable bonds is 8. The smallest absolute Gasteiger partial charge is 0.170 e. The van der Waals surface area contributed by atoms with E-state index >= 15 is 0 Å². The first-order valence-electron chi connectivity index (χ1n) is 8.25. The van der Waals surface area contributed by atoms with Gasteiger partial charge in [0.2, 0.25) is 0 Å². The maximum atomic E-state index is 12.5. The first-order chi connectivity index (χ1) is 12.0. The maximum absolute atomic E-state index is 12.5. The third-order valence-corrected chi connectivity index (χ3v) is 3.78. The van der Waals surface area contributed by atoms with Gasteiger partial charge in [-0.1, -0.05) is 35.9 Å². The number of aryl methyl sites for hydroxylation is 1. The molecule has 132 valence electrons. The predicted octanol–water partition coefficient (Wildman–Crippen LogP) is 4.56. The molecule has 4 nitrogen and oxygen atoms in total. The quantitative estimate of drug-likeness (QED) is 0.565. The highest BCUT2D eigenvalue weighted by molar-refractivity contribution is 6.01. The van der Waals surface area contributed by atoms with Crippen molar-refractivity contribution in [3.63, 3.8) is 0 Å². The highest BCUT2D eigenvalue weighted by atomic mass is 16.5. The molecule has 2 aromatic carbocycles. The molecule has 0 saturated heterocycles. The van der Waals surface area contributed by atoms with E-state index in [0.29, 0.717) is 30.9 Å². The third-order valence-electron chi connectivity index (χ3n) is 3.78. The van der Waals surface area contributed by atoms with Crippen molar-refractivity contribution < 1.29 is 19.4 Å². The van der Waals surface area contributed by atoms with Gasteiger partial charge in [0.15, 0.2) is 5.78 Å². The summed E-state index contributed by atoms with van der Waals surface area (Å²) in [6, 6.07) is 12.9. The summed E-state index contributed by atoms with van der Waals surface area (Å²) >= 11 is 0. The second kappa shape index (κ2) is 8.92. The molecule has 0 aliphatic heterocycles. The van der Waals surface area contributed by atoms with Crippen LogP contribution in [0.3, 0.4) is 0 Å². The number of Topliss-reactive ketones (excluding diaryl/α,β-unsaturated/α-hetero) is 1. The molecule has 0 bridgehead atoms. The Bertz CT molecular complexity index is 744. The molecule has 0 aliphatic carbocycles. The van der Waals surface area contributed by atoms with E-state index in [1.807, 2.05) is 50.3 Å². The molecule has 0 fully saturated rings. The lowest BCUT2D eigenvalue weighted by Crippen LogP contribution is -2.05. The van der Waals surface area contributed by atoms with Gasteiger partial charge in [-0.05, 0) is 31.9 Å². The van der Waals surface area contributed by atoms with E-state index in [1.54, 1.807) is 6.07 Å². The van der Waals surface area contributed by atoms with E-state index < -0.39 is 0 Å². The summed E-state index contributed by atoms with van der Waals surface area (Å²) in [5.74, 6) is 0.510. The molecule has 0 aromatic heterocycles. The van der Waals surface area contributed by atoms with Gasteiger partial charge in [0, 0.05) is 18.6 Å². The molecule has 0 heterocycles. The molecule has 25 heavy (non-hydrogen) atoms. The summed E-state index contributed by atoms with van der Waals surface area (Å²) in [7, 11) is 1.47. The van der Waals surface area contributed by atoms with Crippen LogP contribution < -0.4 is 9.47 Å². The number of benzene rings is 2. The van der Waals surface area contributed by atoms with E-state index in [-0.39, 0.29) is 17.1 Å². The first-order valence-corrected chi connectivity index (χ1v) is 8.25. The zero-order chi connectivity index (χ0) is 18.2. The molecule has 1 N–H and O–H groups in total. The van der Waals surface area contributed by atoms with Crippen molar-refractivity contribution >= 4 is 5.78 Å². The van der Waals surface area contributed by atoms with Gasteiger partial charge in [0.1, 0.15) is 29.4 Å². The van der Waals surface area contributed by atoms with Gasteiger partial charge in [0.25, 0.3) is 0 Å². The molecule has 0 spiro atoms. The van der Waals surface area contributed by atoms with Crippen LogP contribution in [0.5, 0.6) is 17.2 Å². The van der Waals surface area contributed by atoms with Gasteiger partial charge >= 0.3 is 0 Å². The third kappa shape index (κ3) is 5.38.